The van der Waals surface area contributed by atoms with E-state index >= 15 is 0 Å². The van der Waals surface area contributed by atoms with Gasteiger partial charge in [0.25, 0.3) is 5.56 Å². The number of aromatic nitrogens is 2. The van der Waals surface area contributed by atoms with Crippen LogP contribution in [0.15, 0.2) is 64.5 Å². The van der Waals surface area contributed by atoms with E-state index in [9.17, 15) is 9.59 Å². The zero-order valence-corrected chi connectivity index (χ0v) is 14.8. The fraction of sp³-hybridized carbons (Fsp3) is 0.211. The molecule has 1 aromatic heterocycles. The third kappa shape index (κ3) is 4.28. The number of hydrogen-bond acceptors (Lipinski definition) is 4. The first-order valence-corrected chi connectivity index (χ1v) is 9.04. The molecule has 6 heteroatoms. The van der Waals surface area contributed by atoms with E-state index < -0.39 is 0 Å². The molecular weight excluding hydrogens is 334 g/mol. The molecule has 1 heterocycles. The van der Waals surface area contributed by atoms with Crippen LogP contribution in [0.25, 0.3) is 10.9 Å². The molecule has 0 saturated carbocycles. The molecule has 0 fully saturated rings. The van der Waals surface area contributed by atoms with Gasteiger partial charge in [-0.25, -0.2) is 4.98 Å². The van der Waals surface area contributed by atoms with E-state index in [1.807, 2.05) is 48.5 Å². The number of para-hydroxylation sites is 1. The van der Waals surface area contributed by atoms with Gasteiger partial charge in [0, 0.05) is 19.2 Å². The number of carbonyl (C=O) groups excluding carboxylic acids is 1. The number of hydrogen-bond donors (Lipinski definition) is 1. The third-order valence-corrected chi connectivity index (χ3v) is 4.70. The Labute approximate surface area is 150 Å². The average Bonchev–Trinajstić information content (AvgIpc) is 2.62. The maximum absolute atomic E-state index is 12.9. The van der Waals surface area contributed by atoms with Crippen LogP contribution in [0.2, 0.25) is 0 Å². The van der Waals surface area contributed by atoms with Crippen LogP contribution in [0.3, 0.4) is 0 Å². The summed E-state index contributed by atoms with van der Waals surface area (Å²) in [7, 11) is 0. The molecule has 0 spiro atoms. The largest absolute Gasteiger partial charge is 0.356 e. The molecule has 0 saturated heterocycles. The van der Waals surface area contributed by atoms with Crippen LogP contribution in [-0.4, -0.2) is 27.8 Å². The van der Waals surface area contributed by atoms with E-state index in [4.69, 9.17) is 0 Å². The summed E-state index contributed by atoms with van der Waals surface area (Å²) in [6.45, 7) is 2.50. The molecule has 0 aliphatic heterocycles. The van der Waals surface area contributed by atoms with Crippen LogP contribution in [0, 0.1) is 0 Å². The van der Waals surface area contributed by atoms with Crippen LogP contribution >= 0.6 is 11.8 Å². The van der Waals surface area contributed by atoms with Gasteiger partial charge in [0.1, 0.15) is 0 Å². The first-order chi connectivity index (χ1) is 12.1. The van der Waals surface area contributed by atoms with Gasteiger partial charge in [0.15, 0.2) is 5.16 Å². The summed E-state index contributed by atoms with van der Waals surface area (Å²) in [6.07, 6.45) is 0. The predicted molar refractivity (Wildman–Crippen MR) is 101 cm³/mol. The lowest BCUT2D eigenvalue weighted by Gasteiger charge is -2.13. The van der Waals surface area contributed by atoms with Crippen molar-refractivity contribution in [2.24, 2.45) is 0 Å². The molecule has 3 rings (SSSR count). The Balaban J connectivity index is 1.95. The van der Waals surface area contributed by atoms with Crippen LogP contribution in [0.1, 0.15) is 12.5 Å². The quantitative estimate of drug-likeness (QED) is 0.420. The van der Waals surface area contributed by atoms with Crippen molar-refractivity contribution >= 4 is 28.6 Å². The van der Waals surface area contributed by atoms with Crippen molar-refractivity contribution in [2.45, 2.75) is 18.6 Å². The summed E-state index contributed by atoms with van der Waals surface area (Å²) in [6, 6.07) is 17.2. The van der Waals surface area contributed by atoms with Gasteiger partial charge in [-0.15, -0.1) is 0 Å². The molecule has 0 bridgehead atoms. The van der Waals surface area contributed by atoms with E-state index in [2.05, 4.69) is 10.3 Å². The Bertz CT molecular complexity index is 938. The molecule has 1 N–H and O–H groups in total. The zero-order chi connectivity index (χ0) is 17.6. The van der Waals surface area contributed by atoms with Gasteiger partial charge in [-0.1, -0.05) is 54.2 Å². The zero-order valence-electron chi connectivity index (χ0n) is 13.9. The minimum Gasteiger partial charge on any atom is -0.356 e. The number of rotatable bonds is 6. The molecule has 25 heavy (non-hydrogen) atoms. The van der Waals surface area contributed by atoms with Gasteiger partial charge in [0.2, 0.25) is 5.91 Å². The molecule has 2 aromatic carbocycles. The fourth-order valence-electron chi connectivity index (χ4n) is 2.53. The first-order valence-electron chi connectivity index (χ1n) is 8.06. The van der Waals surface area contributed by atoms with Crippen LogP contribution in [-0.2, 0) is 11.3 Å². The Kier molecular flexibility index (Phi) is 5.50. The molecule has 128 valence electrons. The highest BCUT2D eigenvalue weighted by Crippen LogP contribution is 2.18. The minimum absolute atomic E-state index is 0.0449. The monoisotopic (exact) mass is 353 g/mol. The summed E-state index contributed by atoms with van der Waals surface area (Å²) in [5.74, 6) is 0.591. The first kappa shape index (κ1) is 17.2. The maximum atomic E-state index is 12.9. The average molecular weight is 353 g/mol. The van der Waals surface area contributed by atoms with Gasteiger partial charge in [-0.3, -0.25) is 14.2 Å². The van der Waals surface area contributed by atoms with E-state index in [-0.39, 0.29) is 11.5 Å². The van der Waals surface area contributed by atoms with Crippen molar-refractivity contribution in [1.82, 2.24) is 14.9 Å². The van der Waals surface area contributed by atoms with Crippen molar-refractivity contribution in [1.29, 1.82) is 0 Å². The van der Waals surface area contributed by atoms with E-state index in [1.165, 1.54) is 18.7 Å². The third-order valence-electron chi connectivity index (χ3n) is 3.72. The summed E-state index contributed by atoms with van der Waals surface area (Å²) < 4.78 is 1.70. The Morgan fingerprint density at radius 1 is 1.12 bits per heavy atom. The van der Waals surface area contributed by atoms with Crippen molar-refractivity contribution in [3.63, 3.8) is 0 Å². The lowest BCUT2D eigenvalue weighted by Crippen LogP contribution is -2.25. The van der Waals surface area contributed by atoms with Crippen LogP contribution < -0.4 is 10.9 Å². The fourth-order valence-corrected chi connectivity index (χ4v) is 3.39. The number of thioether (sulfide) groups is 1. The van der Waals surface area contributed by atoms with Crippen LogP contribution in [0.4, 0.5) is 0 Å². The molecule has 0 atom stereocenters. The lowest BCUT2D eigenvalue weighted by atomic mass is 10.2. The molecule has 5 nitrogen and oxygen atoms in total. The predicted octanol–water partition coefficient (Wildman–Crippen LogP) is 2.67. The maximum Gasteiger partial charge on any atom is 0.262 e. The van der Waals surface area contributed by atoms with Crippen molar-refractivity contribution in [3.05, 3.63) is 70.5 Å². The highest BCUT2D eigenvalue weighted by Gasteiger charge is 2.11. The van der Waals surface area contributed by atoms with Crippen molar-refractivity contribution in [3.8, 4) is 0 Å². The van der Waals surface area contributed by atoms with Gasteiger partial charge >= 0.3 is 0 Å². The molecular formula is C19H19N3O2S. The van der Waals surface area contributed by atoms with E-state index in [1.54, 1.807) is 10.6 Å². The van der Waals surface area contributed by atoms with Crippen molar-refractivity contribution < 1.29 is 4.79 Å². The van der Waals surface area contributed by atoms with E-state index in [0.717, 1.165) is 5.56 Å². The number of nitrogens with zero attached hydrogens (tertiary/aromatic N) is 2. The number of amides is 1. The second kappa shape index (κ2) is 7.98. The highest BCUT2D eigenvalue weighted by atomic mass is 32.2. The smallest absolute Gasteiger partial charge is 0.262 e. The second-order valence-corrected chi connectivity index (χ2v) is 6.68. The van der Waals surface area contributed by atoms with Gasteiger partial charge in [0.05, 0.1) is 17.4 Å². The number of benzene rings is 2. The molecule has 3 aromatic rings. The van der Waals surface area contributed by atoms with Gasteiger partial charge < -0.3 is 5.32 Å². The number of nitrogens with one attached hydrogen (secondary N) is 1. The standard InChI is InChI=1S/C19H19N3O2S/c1-14(23)20-11-12-25-19-21-17-10-6-5-9-16(17)18(24)22(19)13-15-7-3-2-4-8-15/h2-10H,11-13H2,1H3,(H,20,23). The van der Waals surface area contributed by atoms with Gasteiger partial charge in [-0.05, 0) is 17.7 Å². The lowest BCUT2D eigenvalue weighted by molar-refractivity contribution is -0.118. The topological polar surface area (TPSA) is 64.0 Å². The SMILES string of the molecule is CC(=O)NCCSc1nc2ccccc2c(=O)n1Cc1ccccc1. The molecule has 0 unspecified atom stereocenters. The summed E-state index contributed by atoms with van der Waals surface area (Å²) in [4.78, 5) is 28.6. The van der Waals surface area contributed by atoms with Crippen LogP contribution in [0.5, 0.6) is 0 Å². The molecule has 0 aliphatic rings. The highest BCUT2D eigenvalue weighted by molar-refractivity contribution is 7.99. The number of carbonyl (C=O) groups is 1. The number of fused-ring (bicyclic) bond motifs is 1. The Morgan fingerprint density at radius 2 is 1.84 bits per heavy atom. The van der Waals surface area contributed by atoms with Crippen molar-refractivity contribution in [2.75, 3.05) is 12.3 Å². The minimum atomic E-state index is -0.0613. The van der Waals surface area contributed by atoms with E-state index in [0.29, 0.717) is 34.9 Å². The normalized spacial score (nSPS) is 10.8. The summed E-state index contributed by atoms with van der Waals surface area (Å²) in [5, 5.41) is 4.04. The summed E-state index contributed by atoms with van der Waals surface area (Å²) >= 11 is 1.47. The molecule has 1 amide bonds. The second-order valence-electron chi connectivity index (χ2n) is 5.62. The molecule has 0 aliphatic carbocycles. The Hall–Kier alpha value is -2.60. The molecule has 0 radical (unpaired) electrons. The van der Waals surface area contributed by atoms with Gasteiger partial charge in [-0.2, -0.15) is 0 Å². The summed E-state index contributed by atoms with van der Waals surface area (Å²) in [5.41, 5.74) is 1.70. The Morgan fingerprint density at radius 3 is 2.60 bits per heavy atom.